The van der Waals surface area contributed by atoms with Crippen LogP contribution in [0.3, 0.4) is 0 Å². The molecule has 0 aliphatic rings. The van der Waals surface area contributed by atoms with Crippen LogP contribution in [0.4, 0.5) is 0 Å². The van der Waals surface area contributed by atoms with Crippen molar-refractivity contribution in [2.75, 3.05) is 27.2 Å². The minimum atomic E-state index is 0.0979. The SMILES string of the molecule is CCN(C(C)CN(C)C)C(c1ccc(Br)cc1)C(C)N. The number of nitrogens with two attached hydrogens (primary N) is 1. The quantitative estimate of drug-likeness (QED) is 0.826. The van der Waals surface area contributed by atoms with Crippen LogP contribution in [0.15, 0.2) is 28.7 Å². The molecule has 0 amide bonds. The molecule has 1 aromatic rings. The van der Waals surface area contributed by atoms with Crippen molar-refractivity contribution in [1.29, 1.82) is 0 Å². The highest BCUT2D eigenvalue weighted by molar-refractivity contribution is 9.10. The van der Waals surface area contributed by atoms with E-state index in [4.69, 9.17) is 5.73 Å². The second kappa shape index (κ2) is 8.13. The molecule has 0 fully saturated rings. The van der Waals surface area contributed by atoms with Crippen LogP contribution in [0.25, 0.3) is 0 Å². The smallest absolute Gasteiger partial charge is 0.0499 e. The molecule has 0 aromatic heterocycles. The average Bonchev–Trinajstić information content (AvgIpc) is 2.35. The number of benzene rings is 1. The third-order valence-electron chi connectivity index (χ3n) is 3.63. The van der Waals surface area contributed by atoms with Gasteiger partial charge >= 0.3 is 0 Å². The minimum Gasteiger partial charge on any atom is -0.326 e. The topological polar surface area (TPSA) is 32.5 Å². The number of halogens is 1. The van der Waals surface area contributed by atoms with Crippen LogP contribution in [-0.4, -0.2) is 49.1 Å². The van der Waals surface area contributed by atoms with Gasteiger partial charge in [-0.2, -0.15) is 0 Å². The lowest BCUT2D eigenvalue weighted by Gasteiger charge is -2.39. The second-order valence-corrected chi connectivity index (χ2v) is 6.71. The molecule has 3 atom stereocenters. The van der Waals surface area contributed by atoms with Crippen LogP contribution in [0.2, 0.25) is 0 Å². The van der Waals surface area contributed by atoms with E-state index in [2.05, 4.69) is 84.9 Å². The molecule has 1 rings (SSSR count). The number of nitrogens with zero attached hydrogens (tertiary/aromatic N) is 2. The molecule has 0 spiro atoms. The Morgan fingerprint density at radius 1 is 1.15 bits per heavy atom. The highest BCUT2D eigenvalue weighted by atomic mass is 79.9. The Labute approximate surface area is 132 Å². The fourth-order valence-electron chi connectivity index (χ4n) is 2.87. The Morgan fingerprint density at radius 3 is 2.10 bits per heavy atom. The average molecular weight is 342 g/mol. The van der Waals surface area contributed by atoms with Gasteiger partial charge in [-0.1, -0.05) is 35.0 Å². The van der Waals surface area contributed by atoms with Crippen molar-refractivity contribution in [3.05, 3.63) is 34.3 Å². The Hall–Kier alpha value is -0.420. The van der Waals surface area contributed by atoms with Crippen molar-refractivity contribution >= 4 is 15.9 Å². The third-order valence-corrected chi connectivity index (χ3v) is 4.16. The van der Waals surface area contributed by atoms with Crippen molar-refractivity contribution in [1.82, 2.24) is 9.80 Å². The normalized spacial score (nSPS) is 16.4. The molecule has 0 saturated heterocycles. The van der Waals surface area contributed by atoms with Crippen LogP contribution in [0.1, 0.15) is 32.4 Å². The van der Waals surface area contributed by atoms with Gasteiger partial charge in [0, 0.05) is 29.1 Å². The summed E-state index contributed by atoms with van der Waals surface area (Å²) < 4.78 is 1.11. The monoisotopic (exact) mass is 341 g/mol. The molecule has 2 N–H and O–H groups in total. The Kier molecular flexibility index (Phi) is 7.17. The molecule has 4 heteroatoms. The number of hydrogen-bond acceptors (Lipinski definition) is 3. The zero-order valence-electron chi connectivity index (χ0n) is 13.3. The molecule has 3 nitrogen and oxygen atoms in total. The predicted molar refractivity (Wildman–Crippen MR) is 90.9 cm³/mol. The largest absolute Gasteiger partial charge is 0.326 e. The summed E-state index contributed by atoms with van der Waals surface area (Å²) in [6.45, 7) is 8.61. The van der Waals surface area contributed by atoms with Gasteiger partial charge in [-0.15, -0.1) is 0 Å². The van der Waals surface area contributed by atoms with Gasteiger partial charge in [0.1, 0.15) is 0 Å². The van der Waals surface area contributed by atoms with E-state index in [9.17, 15) is 0 Å². The number of rotatable bonds is 7. The molecule has 0 bridgehead atoms. The Bertz CT molecular complexity index is 389. The molecule has 0 radical (unpaired) electrons. The summed E-state index contributed by atoms with van der Waals surface area (Å²) in [6, 6.07) is 9.34. The van der Waals surface area contributed by atoms with Gasteiger partial charge in [0.2, 0.25) is 0 Å². The van der Waals surface area contributed by atoms with Crippen LogP contribution in [0, 0.1) is 0 Å². The van der Waals surface area contributed by atoms with E-state index in [1.54, 1.807) is 0 Å². The van der Waals surface area contributed by atoms with Crippen LogP contribution < -0.4 is 5.73 Å². The molecule has 0 saturated carbocycles. The van der Waals surface area contributed by atoms with E-state index in [0.717, 1.165) is 17.6 Å². The summed E-state index contributed by atoms with van der Waals surface area (Å²) in [7, 11) is 4.23. The van der Waals surface area contributed by atoms with Crippen molar-refractivity contribution < 1.29 is 0 Å². The highest BCUT2D eigenvalue weighted by Gasteiger charge is 2.26. The van der Waals surface area contributed by atoms with Crippen molar-refractivity contribution in [3.8, 4) is 0 Å². The first kappa shape index (κ1) is 17.6. The lowest BCUT2D eigenvalue weighted by molar-refractivity contribution is 0.114. The maximum Gasteiger partial charge on any atom is 0.0499 e. The lowest BCUT2D eigenvalue weighted by Crippen LogP contribution is -2.47. The molecule has 0 aliphatic carbocycles. The predicted octanol–water partition coefficient (Wildman–Crippen LogP) is 3.11. The van der Waals surface area contributed by atoms with E-state index in [-0.39, 0.29) is 12.1 Å². The summed E-state index contributed by atoms with van der Waals surface area (Å²) in [5.74, 6) is 0. The van der Waals surface area contributed by atoms with Gasteiger partial charge in [-0.05, 0) is 52.2 Å². The van der Waals surface area contributed by atoms with Crippen molar-refractivity contribution in [2.24, 2.45) is 5.73 Å². The molecular weight excluding hydrogens is 314 g/mol. The van der Waals surface area contributed by atoms with E-state index in [1.807, 2.05) is 0 Å². The van der Waals surface area contributed by atoms with Gasteiger partial charge in [0.05, 0.1) is 0 Å². The molecular formula is C16H28BrN3. The minimum absolute atomic E-state index is 0.0979. The summed E-state index contributed by atoms with van der Waals surface area (Å²) in [5, 5.41) is 0. The zero-order valence-corrected chi connectivity index (χ0v) is 14.9. The maximum absolute atomic E-state index is 6.28. The van der Waals surface area contributed by atoms with E-state index in [1.165, 1.54) is 5.56 Å². The molecule has 3 unspecified atom stereocenters. The summed E-state index contributed by atoms with van der Waals surface area (Å²) in [6.07, 6.45) is 0. The van der Waals surface area contributed by atoms with Gasteiger partial charge in [0.25, 0.3) is 0 Å². The first-order valence-corrected chi connectivity index (χ1v) is 8.07. The number of hydrogen-bond donors (Lipinski definition) is 1. The molecule has 20 heavy (non-hydrogen) atoms. The summed E-state index contributed by atoms with van der Waals surface area (Å²) >= 11 is 3.50. The highest BCUT2D eigenvalue weighted by Crippen LogP contribution is 2.27. The van der Waals surface area contributed by atoms with Crippen LogP contribution >= 0.6 is 15.9 Å². The van der Waals surface area contributed by atoms with E-state index >= 15 is 0 Å². The van der Waals surface area contributed by atoms with Crippen molar-refractivity contribution in [2.45, 2.75) is 38.9 Å². The molecule has 0 heterocycles. The van der Waals surface area contributed by atoms with E-state index < -0.39 is 0 Å². The first-order chi connectivity index (χ1) is 9.36. The lowest BCUT2D eigenvalue weighted by atomic mass is 9.97. The van der Waals surface area contributed by atoms with E-state index in [0.29, 0.717) is 6.04 Å². The van der Waals surface area contributed by atoms with Crippen molar-refractivity contribution in [3.63, 3.8) is 0 Å². The molecule has 114 valence electrons. The first-order valence-electron chi connectivity index (χ1n) is 7.28. The Balaban J connectivity index is 3.00. The van der Waals surface area contributed by atoms with Gasteiger partial charge < -0.3 is 10.6 Å². The van der Waals surface area contributed by atoms with Gasteiger partial charge in [0.15, 0.2) is 0 Å². The van der Waals surface area contributed by atoms with Crippen LogP contribution in [0.5, 0.6) is 0 Å². The van der Waals surface area contributed by atoms with Gasteiger partial charge in [-0.25, -0.2) is 0 Å². The zero-order chi connectivity index (χ0) is 15.3. The van der Waals surface area contributed by atoms with Crippen LogP contribution in [-0.2, 0) is 0 Å². The third kappa shape index (κ3) is 4.85. The molecule has 0 aliphatic heterocycles. The summed E-state index contributed by atoms with van der Waals surface area (Å²) in [5.41, 5.74) is 7.57. The number of likely N-dealkylation sites (N-methyl/N-ethyl adjacent to an activating group) is 2. The maximum atomic E-state index is 6.28. The fraction of sp³-hybridized carbons (Fsp3) is 0.625. The standard InChI is InChI=1S/C16H28BrN3/c1-6-20(12(2)11-19(4)5)16(13(3)18)14-7-9-15(17)10-8-14/h7-10,12-13,16H,6,11,18H2,1-5H3. The second-order valence-electron chi connectivity index (χ2n) is 5.80. The summed E-state index contributed by atoms with van der Waals surface area (Å²) in [4.78, 5) is 4.72. The fourth-order valence-corrected chi connectivity index (χ4v) is 3.14. The molecule has 1 aromatic carbocycles. The Morgan fingerprint density at radius 2 is 1.70 bits per heavy atom. The van der Waals surface area contributed by atoms with Gasteiger partial charge in [-0.3, -0.25) is 4.90 Å².